The molecule has 0 radical (unpaired) electrons. The van der Waals surface area contributed by atoms with Crippen molar-refractivity contribution in [3.8, 4) is 0 Å². The van der Waals surface area contributed by atoms with E-state index in [1.807, 2.05) is 0 Å². The fourth-order valence-electron chi connectivity index (χ4n) is 3.48. The van der Waals surface area contributed by atoms with Gasteiger partial charge in [-0.15, -0.1) is 0 Å². The smallest absolute Gasteiger partial charge is 0.0701 e. The van der Waals surface area contributed by atoms with Gasteiger partial charge in [0.15, 0.2) is 0 Å². The molecule has 4 heteroatoms. The van der Waals surface area contributed by atoms with Crippen molar-refractivity contribution >= 4 is 11.8 Å². The van der Waals surface area contributed by atoms with Gasteiger partial charge in [-0.25, -0.2) is 0 Å². The first kappa shape index (κ1) is 14.6. The van der Waals surface area contributed by atoms with Gasteiger partial charge in [-0.3, -0.25) is 11.3 Å². The Bertz CT molecular complexity index is 251. The van der Waals surface area contributed by atoms with E-state index in [2.05, 4.69) is 31.0 Å². The summed E-state index contributed by atoms with van der Waals surface area (Å²) in [5.74, 6) is 9.65. The molecule has 2 saturated heterocycles. The van der Waals surface area contributed by atoms with Crippen LogP contribution in [0.15, 0.2) is 0 Å². The molecule has 2 fully saturated rings. The molecular formula is C14H28N2OS. The summed E-state index contributed by atoms with van der Waals surface area (Å²) in [7, 11) is 0. The first-order valence-electron chi connectivity index (χ1n) is 7.38. The van der Waals surface area contributed by atoms with Crippen LogP contribution in [0.4, 0.5) is 0 Å². The summed E-state index contributed by atoms with van der Waals surface area (Å²) in [6.45, 7) is 5.48. The molecule has 3 unspecified atom stereocenters. The molecule has 3 atom stereocenters. The minimum Gasteiger partial charge on any atom is -0.375 e. The summed E-state index contributed by atoms with van der Waals surface area (Å²) in [4.78, 5) is 0. The highest BCUT2D eigenvalue weighted by molar-refractivity contribution is 7.99. The second-order valence-electron chi connectivity index (χ2n) is 5.97. The van der Waals surface area contributed by atoms with Crippen LogP contribution in [0.2, 0.25) is 0 Å². The lowest BCUT2D eigenvalue weighted by Gasteiger charge is -2.46. The molecule has 0 aromatic heterocycles. The molecule has 0 aromatic carbocycles. The van der Waals surface area contributed by atoms with Gasteiger partial charge < -0.3 is 4.74 Å². The molecule has 0 aromatic rings. The van der Waals surface area contributed by atoms with Crippen molar-refractivity contribution in [2.75, 3.05) is 18.1 Å². The Kier molecular flexibility index (Phi) is 5.36. The highest BCUT2D eigenvalue weighted by Crippen LogP contribution is 2.41. The highest BCUT2D eigenvalue weighted by Gasteiger charge is 2.41. The Balaban J connectivity index is 2.00. The average Bonchev–Trinajstić information content (AvgIpc) is 2.40. The average molecular weight is 272 g/mol. The molecule has 0 saturated carbocycles. The zero-order valence-corrected chi connectivity index (χ0v) is 12.6. The Morgan fingerprint density at radius 2 is 2.17 bits per heavy atom. The standard InChI is InChI=1S/C14H28N2OS/c1-3-11(2)13(16-15)12-4-7-17-14(10-12)5-8-18-9-6-14/h11-13,16H,3-10,15H2,1-2H3. The summed E-state index contributed by atoms with van der Waals surface area (Å²) in [6.07, 6.45) is 6.01. The third-order valence-electron chi connectivity index (χ3n) is 4.89. The lowest BCUT2D eigenvalue weighted by Crippen LogP contribution is -2.52. The number of hydrogen-bond acceptors (Lipinski definition) is 4. The maximum atomic E-state index is 6.16. The van der Waals surface area contributed by atoms with Crippen LogP contribution in [-0.2, 0) is 4.74 Å². The van der Waals surface area contributed by atoms with Crippen molar-refractivity contribution in [1.29, 1.82) is 0 Å². The summed E-state index contributed by atoms with van der Waals surface area (Å²) in [6, 6.07) is 0.449. The molecule has 3 nitrogen and oxygen atoms in total. The number of nitrogens with one attached hydrogen (secondary N) is 1. The lowest BCUT2D eigenvalue weighted by atomic mass is 9.75. The van der Waals surface area contributed by atoms with Gasteiger partial charge in [0.25, 0.3) is 0 Å². The van der Waals surface area contributed by atoms with Gasteiger partial charge in [0, 0.05) is 12.6 Å². The van der Waals surface area contributed by atoms with Gasteiger partial charge >= 0.3 is 0 Å². The minimum absolute atomic E-state index is 0.177. The Morgan fingerprint density at radius 3 is 2.78 bits per heavy atom. The Hall–Kier alpha value is 0.230. The molecule has 3 N–H and O–H groups in total. The van der Waals surface area contributed by atoms with E-state index in [9.17, 15) is 0 Å². The van der Waals surface area contributed by atoms with E-state index in [0.29, 0.717) is 17.9 Å². The van der Waals surface area contributed by atoms with E-state index >= 15 is 0 Å². The summed E-state index contributed by atoms with van der Waals surface area (Å²) in [5, 5.41) is 0. The summed E-state index contributed by atoms with van der Waals surface area (Å²) in [5.41, 5.74) is 3.26. The molecule has 2 aliphatic rings. The summed E-state index contributed by atoms with van der Waals surface area (Å²) >= 11 is 2.07. The molecule has 2 rings (SSSR count). The largest absolute Gasteiger partial charge is 0.375 e. The lowest BCUT2D eigenvalue weighted by molar-refractivity contribution is -0.109. The molecular weight excluding hydrogens is 244 g/mol. The monoisotopic (exact) mass is 272 g/mol. The number of thioether (sulfide) groups is 1. The van der Waals surface area contributed by atoms with Gasteiger partial charge in [-0.1, -0.05) is 20.3 Å². The molecule has 2 aliphatic heterocycles. The van der Waals surface area contributed by atoms with E-state index in [1.165, 1.54) is 37.2 Å². The van der Waals surface area contributed by atoms with Gasteiger partial charge in [-0.2, -0.15) is 11.8 Å². The van der Waals surface area contributed by atoms with Gasteiger partial charge in [0.05, 0.1) is 5.60 Å². The molecule has 18 heavy (non-hydrogen) atoms. The summed E-state index contributed by atoms with van der Waals surface area (Å²) < 4.78 is 6.16. The van der Waals surface area contributed by atoms with Crippen LogP contribution in [0.3, 0.4) is 0 Å². The number of rotatable bonds is 4. The van der Waals surface area contributed by atoms with E-state index in [-0.39, 0.29) is 5.60 Å². The van der Waals surface area contributed by atoms with Crippen molar-refractivity contribution in [3.63, 3.8) is 0 Å². The van der Waals surface area contributed by atoms with E-state index in [4.69, 9.17) is 10.6 Å². The molecule has 0 bridgehead atoms. The topological polar surface area (TPSA) is 47.3 Å². The zero-order chi connectivity index (χ0) is 13.0. The predicted octanol–water partition coefficient (Wildman–Crippen LogP) is 2.56. The first-order chi connectivity index (χ1) is 8.71. The van der Waals surface area contributed by atoms with E-state index in [1.54, 1.807) is 0 Å². The van der Waals surface area contributed by atoms with Crippen LogP contribution in [-0.4, -0.2) is 29.8 Å². The number of hydrazine groups is 1. The van der Waals surface area contributed by atoms with Crippen molar-refractivity contribution in [2.24, 2.45) is 17.7 Å². The zero-order valence-electron chi connectivity index (χ0n) is 11.8. The van der Waals surface area contributed by atoms with Gasteiger partial charge in [0.1, 0.15) is 0 Å². The van der Waals surface area contributed by atoms with Crippen molar-refractivity contribution < 1.29 is 4.74 Å². The van der Waals surface area contributed by atoms with Crippen LogP contribution in [0.5, 0.6) is 0 Å². The van der Waals surface area contributed by atoms with Crippen molar-refractivity contribution in [3.05, 3.63) is 0 Å². The van der Waals surface area contributed by atoms with Crippen LogP contribution < -0.4 is 11.3 Å². The third kappa shape index (κ3) is 3.21. The van der Waals surface area contributed by atoms with Crippen molar-refractivity contribution in [1.82, 2.24) is 5.43 Å². The predicted molar refractivity (Wildman–Crippen MR) is 78.5 cm³/mol. The second-order valence-corrected chi connectivity index (χ2v) is 7.20. The van der Waals surface area contributed by atoms with Crippen LogP contribution in [0, 0.1) is 11.8 Å². The van der Waals surface area contributed by atoms with Crippen LogP contribution in [0.1, 0.15) is 46.0 Å². The quantitative estimate of drug-likeness (QED) is 0.610. The number of ether oxygens (including phenoxy) is 1. The first-order valence-corrected chi connectivity index (χ1v) is 8.54. The fourth-order valence-corrected chi connectivity index (χ4v) is 4.72. The Morgan fingerprint density at radius 1 is 1.44 bits per heavy atom. The maximum Gasteiger partial charge on any atom is 0.0701 e. The molecule has 0 aliphatic carbocycles. The highest BCUT2D eigenvalue weighted by atomic mass is 32.2. The molecule has 106 valence electrons. The van der Waals surface area contributed by atoms with E-state index < -0.39 is 0 Å². The van der Waals surface area contributed by atoms with Crippen molar-refractivity contribution in [2.45, 2.75) is 57.6 Å². The number of hydrogen-bond donors (Lipinski definition) is 2. The maximum absolute atomic E-state index is 6.16. The molecule has 1 spiro atoms. The fraction of sp³-hybridized carbons (Fsp3) is 1.00. The van der Waals surface area contributed by atoms with Gasteiger partial charge in [0.2, 0.25) is 0 Å². The van der Waals surface area contributed by atoms with Gasteiger partial charge in [-0.05, 0) is 49.0 Å². The van der Waals surface area contributed by atoms with E-state index in [0.717, 1.165) is 13.0 Å². The normalized spacial score (nSPS) is 31.2. The molecule has 2 heterocycles. The number of nitrogens with two attached hydrogens (primary N) is 1. The van der Waals surface area contributed by atoms with Crippen LogP contribution >= 0.6 is 11.8 Å². The third-order valence-corrected chi connectivity index (χ3v) is 5.88. The SMILES string of the molecule is CCC(C)C(NN)C1CCOC2(CCSCC2)C1. The Labute approximate surface area is 116 Å². The minimum atomic E-state index is 0.177. The second kappa shape index (κ2) is 6.60. The van der Waals surface area contributed by atoms with Crippen LogP contribution in [0.25, 0.3) is 0 Å². The molecule has 0 amide bonds.